The molecule has 0 saturated carbocycles. The van der Waals surface area contributed by atoms with Gasteiger partial charge in [-0.25, -0.2) is 0 Å². The first-order chi connectivity index (χ1) is 17.5. The molecule has 4 heteroatoms. The molecule has 0 aliphatic rings. The quantitative estimate of drug-likeness (QED) is 0.208. The maximum atomic E-state index is 11.5. The Morgan fingerprint density at radius 3 is 2.08 bits per heavy atom. The molecule has 0 aromatic heterocycles. The monoisotopic (exact) mass is 510 g/mol. The highest BCUT2D eigenvalue weighted by molar-refractivity contribution is 5.69. The Kier molecular flexibility index (Phi) is 11.7. The number of aliphatic hydroxyl groups excluding tert-OH is 1. The van der Waals surface area contributed by atoms with Crippen LogP contribution >= 0.6 is 0 Å². The van der Waals surface area contributed by atoms with E-state index in [2.05, 4.69) is 84.9 Å². The average molecular weight is 511 g/mol. The number of unbranched alkanes of at least 4 members (excludes halogenated alkanes) is 1. The normalized spacial score (nSPS) is 12.9. The zero-order chi connectivity index (χ0) is 27.6. The average Bonchev–Trinajstić information content (AvgIpc) is 2.85. The third kappa shape index (κ3) is 8.33. The summed E-state index contributed by atoms with van der Waals surface area (Å²) in [5.74, 6) is 0.772. The Balaban J connectivity index is 2.14. The van der Waals surface area contributed by atoms with Crippen LogP contribution in [0.15, 0.2) is 36.4 Å². The molecule has 1 unspecified atom stereocenters. The lowest BCUT2D eigenvalue weighted by Gasteiger charge is -2.34. The van der Waals surface area contributed by atoms with E-state index < -0.39 is 0 Å². The van der Waals surface area contributed by atoms with Crippen molar-refractivity contribution in [3.8, 4) is 5.75 Å². The van der Waals surface area contributed by atoms with E-state index in [4.69, 9.17) is 9.47 Å². The minimum atomic E-state index is -0.307. The number of aryl methyl sites for hydroxylation is 3. The third-order valence-corrected chi connectivity index (χ3v) is 7.85. The van der Waals surface area contributed by atoms with Crippen LogP contribution in [0.25, 0.3) is 0 Å². The summed E-state index contributed by atoms with van der Waals surface area (Å²) in [6.45, 7) is 18.0. The highest BCUT2D eigenvalue weighted by Gasteiger charge is 2.31. The van der Waals surface area contributed by atoms with E-state index in [1.165, 1.54) is 22.3 Å². The summed E-state index contributed by atoms with van der Waals surface area (Å²) in [6.07, 6.45) is 5.43. The van der Waals surface area contributed by atoms with Gasteiger partial charge in [0.05, 0.1) is 19.3 Å². The van der Waals surface area contributed by atoms with Crippen LogP contribution in [0.3, 0.4) is 0 Å². The molecule has 0 spiro atoms. The molecule has 2 aromatic carbocycles. The molecule has 1 atom stereocenters. The SMILES string of the molecule is CCOC(=O)CCCCOc1ccc(C(CC)(CC)c2ccc(CCC(O)C(C)(C)C)c(C)c2)cc1C. The molecule has 0 fully saturated rings. The van der Waals surface area contributed by atoms with Gasteiger partial charge in [0.15, 0.2) is 0 Å². The fourth-order valence-corrected chi connectivity index (χ4v) is 5.13. The molecule has 4 nitrogen and oxygen atoms in total. The van der Waals surface area contributed by atoms with Crippen LogP contribution in [0.5, 0.6) is 5.75 Å². The maximum absolute atomic E-state index is 11.5. The van der Waals surface area contributed by atoms with Gasteiger partial charge in [-0.15, -0.1) is 0 Å². The van der Waals surface area contributed by atoms with Gasteiger partial charge in [0.2, 0.25) is 0 Å². The van der Waals surface area contributed by atoms with Crippen molar-refractivity contribution < 1.29 is 19.4 Å². The van der Waals surface area contributed by atoms with Crippen molar-refractivity contribution in [2.45, 2.75) is 112 Å². The molecule has 206 valence electrons. The molecule has 0 aliphatic carbocycles. The summed E-state index contributed by atoms with van der Waals surface area (Å²) in [5, 5.41) is 10.5. The van der Waals surface area contributed by atoms with Crippen molar-refractivity contribution in [2.75, 3.05) is 13.2 Å². The van der Waals surface area contributed by atoms with Gasteiger partial charge in [-0.2, -0.15) is 0 Å². The molecule has 2 aromatic rings. The molecule has 37 heavy (non-hydrogen) atoms. The van der Waals surface area contributed by atoms with Gasteiger partial charge in [-0.1, -0.05) is 65.0 Å². The van der Waals surface area contributed by atoms with Crippen molar-refractivity contribution in [2.24, 2.45) is 5.41 Å². The van der Waals surface area contributed by atoms with E-state index in [-0.39, 0.29) is 22.9 Å². The first-order valence-corrected chi connectivity index (χ1v) is 14.2. The second-order valence-corrected chi connectivity index (χ2v) is 11.4. The number of carbonyl (C=O) groups excluding carboxylic acids is 1. The molecule has 1 N–H and O–H groups in total. The molecule has 0 heterocycles. The minimum Gasteiger partial charge on any atom is -0.493 e. The topological polar surface area (TPSA) is 55.8 Å². The van der Waals surface area contributed by atoms with Crippen molar-refractivity contribution in [1.29, 1.82) is 0 Å². The second kappa shape index (κ2) is 14.0. The Hall–Kier alpha value is -2.33. The van der Waals surface area contributed by atoms with Gasteiger partial charge < -0.3 is 14.6 Å². The van der Waals surface area contributed by atoms with Gasteiger partial charge in [-0.05, 0) is 98.6 Å². The van der Waals surface area contributed by atoms with E-state index in [0.717, 1.165) is 49.8 Å². The fraction of sp³-hybridized carbons (Fsp3) is 0.606. The zero-order valence-corrected chi connectivity index (χ0v) is 24.6. The predicted molar refractivity (Wildman–Crippen MR) is 153 cm³/mol. The van der Waals surface area contributed by atoms with Crippen LogP contribution < -0.4 is 4.74 Å². The van der Waals surface area contributed by atoms with E-state index in [0.29, 0.717) is 19.6 Å². The zero-order valence-electron chi connectivity index (χ0n) is 24.6. The van der Waals surface area contributed by atoms with Crippen molar-refractivity contribution in [3.63, 3.8) is 0 Å². The lowest BCUT2D eigenvalue weighted by atomic mass is 9.69. The van der Waals surface area contributed by atoms with Gasteiger partial charge in [0.25, 0.3) is 0 Å². The summed E-state index contributed by atoms with van der Waals surface area (Å²) in [5.41, 5.74) is 6.27. The minimum absolute atomic E-state index is 0.0584. The Labute approximate surface area is 225 Å². The molecular formula is C33H50O4. The molecule has 2 rings (SSSR count). The van der Waals surface area contributed by atoms with Crippen molar-refractivity contribution in [3.05, 3.63) is 64.2 Å². The number of benzene rings is 2. The standard InChI is InChI=1S/C33H50O4/c1-9-33(10-2,27-17-15-26(24(4)22-27)16-20-30(34)32(6,7)8)28-18-19-29(25(5)23-28)37-21-13-12-14-31(35)36-11-3/h15,17-19,22-23,30,34H,9-14,16,20-21H2,1-8H3. The summed E-state index contributed by atoms with van der Waals surface area (Å²) < 4.78 is 11.0. The van der Waals surface area contributed by atoms with Gasteiger partial charge >= 0.3 is 5.97 Å². The van der Waals surface area contributed by atoms with Crippen LogP contribution in [0.4, 0.5) is 0 Å². The van der Waals surface area contributed by atoms with Crippen LogP contribution in [0.2, 0.25) is 0 Å². The Morgan fingerprint density at radius 1 is 0.919 bits per heavy atom. The maximum Gasteiger partial charge on any atom is 0.305 e. The largest absolute Gasteiger partial charge is 0.493 e. The lowest BCUT2D eigenvalue weighted by molar-refractivity contribution is -0.143. The molecular weight excluding hydrogens is 460 g/mol. The van der Waals surface area contributed by atoms with E-state index in [1.54, 1.807) is 0 Å². The molecule has 0 amide bonds. The molecule has 0 radical (unpaired) electrons. The number of rotatable bonds is 14. The molecule has 0 saturated heterocycles. The molecule has 0 bridgehead atoms. The number of esters is 1. The van der Waals surface area contributed by atoms with Gasteiger partial charge in [0, 0.05) is 11.8 Å². The highest BCUT2D eigenvalue weighted by Crippen LogP contribution is 2.41. The van der Waals surface area contributed by atoms with Gasteiger partial charge in [-0.3, -0.25) is 4.79 Å². The summed E-state index contributed by atoms with van der Waals surface area (Å²) in [6, 6.07) is 13.5. The highest BCUT2D eigenvalue weighted by atomic mass is 16.5. The summed E-state index contributed by atoms with van der Waals surface area (Å²) in [4.78, 5) is 11.5. The number of hydrogen-bond donors (Lipinski definition) is 1. The van der Waals surface area contributed by atoms with Crippen LogP contribution in [-0.2, 0) is 21.4 Å². The number of aliphatic hydroxyl groups is 1. The lowest BCUT2D eigenvalue weighted by Crippen LogP contribution is -2.27. The van der Waals surface area contributed by atoms with Crippen LogP contribution in [-0.4, -0.2) is 30.4 Å². The van der Waals surface area contributed by atoms with E-state index in [9.17, 15) is 9.90 Å². The smallest absolute Gasteiger partial charge is 0.305 e. The summed E-state index contributed by atoms with van der Waals surface area (Å²) in [7, 11) is 0. The van der Waals surface area contributed by atoms with Crippen LogP contribution in [0, 0.1) is 19.3 Å². The Morgan fingerprint density at radius 2 is 1.54 bits per heavy atom. The van der Waals surface area contributed by atoms with E-state index >= 15 is 0 Å². The molecule has 0 aliphatic heterocycles. The van der Waals surface area contributed by atoms with Crippen LogP contribution in [0.1, 0.15) is 108 Å². The number of carbonyl (C=O) groups is 1. The third-order valence-electron chi connectivity index (χ3n) is 7.85. The summed E-state index contributed by atoms with van der Waals surface area (Å²) >= 11 is 0. The number of hydrogen-bond acceptors (Lipinski definition) is 4. The Bertz CT molecular complexity index is 998. The first-order valence-electron chi connectivity index (χ1n) is 14.2. The fourth-order valence-electron chi connectivity index (χ4n) is 5.13. The predicted octanol–water partition coefficient (Wildman–Crippen LogP) is 7.86. The van der Waals surface area contributed by atoms with E-state index in [1.807, 2.05) is 6.92 Å². The number of ether oxygens (including phenoxy) is 2. The van der Waals surface area contributed by atoms with Gasteiger partial charge in [0.1, 0.15) is 5.75 Å². The second-order valence-electron chi connectivity index (χ2n) is 11.4. The van der Waals surface area contributed by atoms with Crippen molar-refractivity contribution in [1.82, 2.24) is 0 Å². The van der Waals surface area contributed by atoms with Crippen molar-refractivity contribution >= 4 is 5.97 Å². The first kappa shape index (κ1) is 30.9.